The van der Waals surface area contributed by atoms with Crippen molar-refractivity contribution in [1.29, 1.82) is 0 Å². The number of ether oxygens (including phenoxy) is 1. The SMILES string of the molecule is CCOC1(C(N)Cc2cccc(Cl)c2Cl)CCC(C)CC1. The van der Waals surface area contributed by atoms with Gasteiger partial charge in [-0.2, -0.15) is 0 Å². The van der Waals surface area contributed by atoms with Gasteiger partial charge in [-0.25, -0.2) is 0 Å². The molecule has 2 N–H and O–H groups in total. The predicted octanol–water partition coefficient (Wildman–Crippen LogP) is 4.85. The molecule has 0 aliphatic heterocycles. The van der Waals surface area contributed by atoms with Crippen molar-refractivity contribution in [3.8, 4) is 0 Å². The van der Waals surface area contributed by atoms with Gasteiger partial charge in [0.2, 0.25) is 0 Å². The van der Waals surface area contributed by atoms with Crippen LogP contribution in [0.5, 0.6) is 0 Å². The highest BCUT2D eigenvalue weighted by atomic mass is 35.5. The van der Waals surface area contributed by atoms with Crippen LogP contribution in [0, 0.1) is 5.92 Å². The summed E-state index contributed by atoms with van der Waals surface area (Å²) in [5.41, 5.74) is 7.33. The van der Waals surface area contributed by atoms with Crippen LogP contribution in [0.15, 0.2) is 18.2 Å². The molecule has 1 atom stereocenters. The van der Waals surface area contributed by atoms with Crippen molar-refractivity contribution in [2.75, 3.05) is 6.61 Å². The molecule has 1 unspecified atom stereocenters. The normalized spacial score (nSPS) is 27.6. The average Bonchev–Trinajstić information content (AvgIpc) is 2.46. The fraction of sp³-hybridized carbons (Fsp3) is 0.647. The van der Waals surface area contributed by atoms with Crippen LogP contribution < -0.4 is 5.73 Å². The molecule has 1 saturated carbocycles. The Labute approximate surface area is 137 Å². The van der Waals surface area contributed by atoms with E-state index in [2.05, 4.69) is 6.92 Å². The number of benzene rings is 1. The molecule has 0 heterocycles. The van der Waals surface area contributed by atoms with Gasteiger partial charge in [0.1, 0.15) is 0 Å². The Morgan fingerprint density at radius 3 is 2.62 bits per heavy atom. The molecule has 1 aromatic rings. The molecule has 0 saturated heterocycles. The van der Waals surface area contributed by atoms with Gasteiger partial charge in [-0.1, -0.05) is 42.3 Å². The van der Waals surface area contributed by atoms with Gasteiger partial charge in [0.05, 0.1) is 15.6 Å². The van der Waals surface area contributed by atoms with Gasteiger partial charge >= 0.3 is 0 Å². The summed E-state index contributed by atoms with van der Waals surface area (Å²) < 4.78 is 6.12. The van der Waals surface area contributed by atoms with Crippen molar-refractivity contribution in [1.82, 2.24) is 0 Å². The highest BCUT2D eigenvalue weighted by Gasteiger charge is 2.40. The first kappa shape index (κ1) is 17.1. The molecule has 1 aromatic carbocycles. The van der Waals surface area contributed by atoms with Gasteiger partial charge in [0, 0.05) is 12.6 Å². The third kappa shape index (κ3) is 3.92. The van der Waals surface area contributed by atoms with Crippen LogP contribution in [0.3, 0.4) is 0 Å². The molecule has 118 valence electrons. The van der Waals surface area contributed by atoms with E-state index in [1.54, 1.807) is 6.07 Å². The fourth-order valence-electron chi connectivity index (χ4n) is 3.29. The summed E-state index contributed by atoms with van der Waals surface area (Å²) in [6.07, 6.45) is 5.12. The molecule has 0 bridgehead atoms. The van der Waals surface area contributed by atoms with Crippen LogP contribution in [-0.2, 0) is 11.2 Å². The first-order chi connectivity index (χ1) is 9.98. The van der Waals surface area contributed by atoms with Crippen molar-refractivity contribution < 1.29 is 4.74 Å². The Bertz CT molecular complexity index is 470. The maximum Gasteiger partial charge on any atom is 0.0835 e. The zero-order valence-corrected chi connectivity index (χ0v) is 14.4. The highest BCUT2D eigenvalue weighted by molar-refractivity contribution is 6.42. The molecule has 4 heteroatoms. The van der Waals surface area contributed by atoms with Crippen molar-refractivity contribution in [3.63, 3.8) is 0 Å². The highest BCUT2D eigenvalue weighted by Crippen LogP contribution is 2.38. The van der Waals surface area contributed by atoms with Crippen molar-refractivity contribution in [2.45, 2.75) is 57.6 Å². The maximum absolute atomic E-state index is 6.54. The van der Waals surface area contributed by atoms with E-state index in [4.69, 9.17) is 33.7 Å². The standard InChI is InChI=1S/C17H25Cl2NO/c1-3-21-17(9-7-12(2)8-10-17)15(20)11-13-5-4-6-14(18)16(13)19/h4-6,12,15H,3,7-11,20H2,1-2H3. The van der Waals surface area contributed by atoms with Crippen LogP contribution in [0.2, 0.25) is 10.0 Å². The van der Waals surface area contributed by atoms with E-state index in [0.717, 1.165) is 24.3 Å². The third-order valence-corrected chi connectivity index (χ3v) is 5.56. The summed E-state index contributed by atoms with van der Waals surface area (Å²) in [4.78, 5) is 0. The van der Waals surface area contributed by atoms with Gasteiger partial charge in [-0.05, 0) is 56.6 Å². The van der Waals surface area contributed by atoms with Crippen molar-refractivity contribution in [3.05, 3.63) is 33.8 Å². The van der Waals surface area contributed by atoms with E-state index in [9.17, 15) is 0 Å². The molecular weight excluding hydrogens is 305 g/mol. The minimum Gasteiger partial charge on any atom is -0.374 e. The Hall–Kier alpha value is -0.280. The van der Waals surface area contributed by atoms with Crippen LogP contribution in [-0.4, -0.2) is 18.2 Å². The zero-order valence-electron chi connectivity index (χ0n) is 12.9. The van der Waals surface area contributed by atoms with Crippen LogP contribution in [0.1, 0.15) is 45.1 Å². The van der Waals surface area contributed by atoms with Gasteiger partial charge in [-0.15, -0.1) is 0 Å². The van der Waals surface area contributed by atoms with Gasteiger partial charge in [0.25, 0.3) is 0 Å². The molecular formula is C17H25Cl2NO. The quantitative estimate of drug-likeness (QED) is 0.838. The largest absolute Gasteiger partial charge is 0.374 e. The molecule has 2 nitrogen and oxygen atoms in total. The van der Waals surface area contributed by atoms with E-state index in [-0.39, 0.29) is 11.6 Å². The van der Waals surface area contributed by atoms with E-state index in [1.807, 2.05) is 19.1 Å². The number of nitrogens with two attached hydrogens (primary N) is 1. The molecule has 0 spiro atoms. The van der Waals surface area contributed by atoms with Crippen LogP contribution in [0.4, 0.5) is 0 Å². The second kappa shape index (κ2) is 7.32. The Balaban J connectivity index is 2.15. The van der Waals surface area contributed by atoms with Crippen molar-refractivity contribution in [2.24, 2.45) is 11.7 Å². The summed E-state index contributed by atoms with van der Waals surface area (Å²) in [6, 6.07) is 5.67. The molecule has 0 amide bonds. The number of rotatable bonds is 5. The Morgan fingerprint density at radius 2 is 2.00 bits per heavy atom. The first-order valence-electron chi connectivity index (χ1n) is 7.81. The monoisotopic (exact) mass is 329 g/mol. The Kier molecular flexibility index (Phi) is 5.96. The maximum atomic E-state index is 6.54. The van der Waals surface area contributed by atoms with Gasteiger partial charge < -0.3 is 10.5 Å². The molecule has 1 aliphatic carbocycles. The molecule has 0 aromatic heterocycles. The minimum absolute atomic E-state index is 0.0547. The number of halogens is 2. The second-order valence-corrected chi connectivity index (χ2v) is 6.99. The van der Waals surface area contributed by atoms with Crippen LogP contribution >= 0.6 is 23.2 Å². The second-order valence-electron chi connectivity index (χ2n) is 6.20. The summed E-state index contributed by atoms with van der Waals surface area (Å²) in [6.45, 7) is 5.04. The van der Waals surface area contributed by atoms with E-state index < -0.39 is 0 Å². The first-order valence-corrected chi connectivity index (χ1v) is 8.56. The van der Waals surface area contributed by atoms with E-state index in [0.29, 0.717) is 23.1 Å². The summed E-state index contributed by atoms with van der Waals surface area (Å²) in [7, 11) is 0. The summed E-state index contributed by atoms with van der Waals surface area (Å²) in [5.74, 6) is 0.764. The average molecular weight is 330 g/mol. The van der Waals surface area contributed by atoms with Crippen molar-refractivity contribution >= 4 is 23.2 Å². The van der Waals surface area contributed by atoms with E-state index in [1.165, 1.54) is 12.8 Å². The lowest BCUT2D eigenvalue weighted by molar-refractivity contribution is -0.0883. The van der Waals surface area contributed by atoms with E-state index >= 15 is 0 Å². The topological polar surface area (TPSA) is 35.2 Å². The zero-order chi connectivity index (χ0) is 15.5. The van der Waals surface area contributed by atoms with Gasteiger partial charge in [0.15, 0.2) is 0 Å². The Morgan fingerprint density at radius 1 is 1.33 bits per heavy atom. The number of hydrogen-bond acceptors (Lipinski definition) is 2. The molecule has 21 heavy (non-hydrogen) atoms. The lowest BCUT2D eigenvalue weighted by Crippen LogP contribution is -2.53. The van der Waals surface area contributed by atoms with Crippen LogP contribution in [0.25, 0.3) is 0 Å². The smallest absolute Gasteiger partial charge is 0.0835 e. The molecule has 0 radical (unpaired) electrons. The summed E-state index contributed by atoms with van der Waals surface area (Å²) in [5, 5.41) is 1.20. The lowest BCUT2D eigenvalue weighted by Gasteiger charge is -2.43. The molecule has 1 fully saturated rings. The summed E-state index contributed by atoms with van der Waals surface area (Å²) >= 11 is 12.4. The molecule has 1 aliphatic rings. The molecule has 2 rings (SSSR count). The predicted molar refractivity (Wildman–Crippen MR) is 90.1 cm³/mol. The third-order valence-electron chi connectivity index (χ3n) is 4.70. The van der Waals surface area contributed by atoms with Gasteiger partial charge in [-0.3, -0.25) is 0 Å². The lowest BCUT2D eigenvalue weighted by atomic mass is 9.74. The minimum atomic E-state index is -0.215. The fourth-order valence-corrected chi connectivity index (χ4v) is 3.69. The number of hydrogen-bond donors (Lipinski definition) is 1.